The number of aromatic nitrogens is 1. The molecule has 0 unspecified atom stereocenters. The molecule has 0 bridgehead atoms. The lowest BCUT2D eigenvalue weighted by Gasteiger charge is -2.31. The summed E-state index contributed by atoms with van der Waals surface area (Å²) < 4.78 is 5.10. The second-order valence-electron chi connectivity index (χ2n) is 8.63. The lowest BCUT2D eigenvalue weighted by Crippen LogP contribution is -2.43. The predicted molar refractivity (Wildman–Crippen MR) is 127 cm³/mol. The van der Waals surface area contributed by atoms with E-state index >= 15 is 0 Å². The van der Waals surface area contributed by atoms with E-state index in [0.29, 0.717) is 57.6 Å². The molecule has 7 heteroatoms. The number of H-pyrrole nitrogens is 1. The van der Waals surface area contributed by atoms with Crippen LogP contribution in [-0.4, -0.2) is 53.9 Å². The number of hydrogen-bond donors (Lipinski definition) is 2. The van der Waals surface area contributed by atoms with Gasteiger partial charge in [-0.2, -0.15) is 0 Å². The van der Waals surface area contributed by atoms with E-state index in [9.17, 15) is 14.4 Å². The fraction of sp³-hybridized carbons (Fsp3) is 0.500. The number of hydrogen-bond acceptors (Lipinski definition) is 4. The molecule has 2 heterocycles. The Labute approximate surface area is 195 Å². The van der Waals surface area contributed by atoms with Crippen molar-refractivity contribution in [3.8, 4) is 0 Å². The summed E-state index contributed by atoms with van der Waals surface area (Å²) in [5, 5.41) is 3.04. The number of esters is 1. The molecule has 33 heavy (non-hydrogen) atoms. The molecule has 178 valence electrons. The Hall–Kier alpha value is -3.09. The Morgan fingerprint density at radius 1 is 1.09 bits per heavy atom. The Kier molecular flexibility index (Phi) is 8.69. The second kappa shape index (κ2) is 11.7. The van der Waals surface area contributed by atoms with Gasteiger partial charge in [-0.1, -0.05) is 30.3 Å². The van der Waals surface area contributed by atoms with Crippen LogP contribution in [0.15, 0.2) is 30.3 Å². The maximum atomic E-state index is 12.8. The van der Waals surface area contributed by atoms with Crippen LogP contribution in [0.4, 0.5) is 0 Å². The minimum Gasteiger partial charge on any atom is -0.461 e. The number of amides is 2. The van der Waals surface area contributed by atoms with Gasteiger partial charge >= 0.3 is 5.97 Å². The van der Waals surface area contributed by atoms with Crippen LogP contribution in [0.3, 0.4) is 0 Å². The first-order valence-corrected chi connectivity index (χ1v) is 11.8. The van der Waals surface area contributed by atoms with Gasteiger partial charge in [0.15, 0.2) is 0 Å². The summed E-state index contributed by atoms with van der Waals surface area (Å²) >= 11 is 0. The zero-order valence-electron chi connectivity index (χ0n) is 19.9. The predicted octanol–water partition coefficient (Wildman–Crippen LogP) is 3.34. The maximum Gasteiger partial charge on any atom is 0.355 e. The number of ether oxygens (including phenoxy) is 1. The van der Waals surface area contributed by atoms with Gasteiger partial charge in [0.05, 0.1) is 6.61 Å². The van der Waals surface area contributed by atoms with Crippen LogP contribution < -0.4 is 5.32 Å². The van der Waals surface area contributed by atoms with Gasteiger partial charge in [0.25, 0.3) is 0 Å². The highest BCUT2D eigenvalue weighted by Crippen LogP contribution is 2.22. The molecule has 1 saturated heterocycles. The smallest absolute Gasteiger partial charge is 0.355 e. The third-order valence-electron chi connectivity index (χ3n) is 6.44. The van der Waals surface area contributed by atoms with Crippen LogP contribution in [0.5, 0.6) is 0 Å². The van der Waals surface area contributed by atoms with Crippen molar-refractivity contribution >= 4 is 17.8 Å². The van der Waals surface area contributed by atoms with Gasteiger partial charge in [0.1, 0.15) is 5.69 Å². The number of carbonyl (C=O) groups excluding carboxylic acids is 3. The number of carbonyl (C=O) groups is 3. The van der Waals surface area contributed by atoms with Crippen molar-refractivity contribution in [1.29, 1.82) is 0 Å². The number of piperidine rings is 1. The monoisotopic (exact) mass is 453 g/mol. The molecule has 1 aliphatic rings. The second-order valence-corrected chi connectivity index (χ2v) is 8.63. The molecule has 1 aromatic carbocycles. The van der Waals surface area contributed by atoms with Crippen molar-refractivity contribution < 1.29 is 19.1 Å². The van der Waals surface area contributed by atoms with Gasteiger partial charge in [0.2, 0.25) is 11.8 Å². The molecule has 3 rings (SSSR count). The summed E-state index contributed by atoms with van der Waals surface area (Å²) in [6, 6.07) is 10.1. The highest BCUT2D eigenvalue weighted by molar-refractivity contribution is 5.90. The summed E-state index contributed by atoms with van der Waals surface area (Å²) in [5.41, 5.74) is 4.43. The van der Waals surface area contributed by atoms with Gasteiger partial charge in [-0.05, 0) is 63.1 Å². The van der Waals surface area contributed by atoms with Crippen LogP contribution in [0.25, 0.3) is 0 Å². The van der Waals surface area contributed by atoms with Crippen LogP contribution in [0.2, 0.25) is 0 Å². The minimum atomic E-state index is -0.361. The van der Waals surface area contributed by atoms with E-state index in [1.165, 1.54) is 5.56 Å². The van der Waals surface area contributed by atoms with Crippen molar-refractivity contribution in [1.82, 2.24) is 15.2 Å². The van der Waals surface area contributed by atoms with Gasteiger partial charge in [-0.25, -0.2) is 4.79 Å². The molecule has 2 N–H and O–H groups in total. The number of likely N-dealkylation sites (tertiary alicyclic amines) is 1. The molecule has 0 atom stereocenters. The fourth-order valence-electron chi connectivity index (χ4n) is 4.47. The van der Waals surface area contributed by atoms with Gasteiger partial charge in [-0.15, -0.1) is 0 Å². The van der Waals surface area contributed by atoms with Crippen molar-refractivity contribution in [3.05, 3.63) is 58.4 Å². The average molecular weight is 454 g/mol. The highest BCUT2D eigenvalue weighted by Gasteiger charge is 2.27. The van der Waals surface area contributed by atoms with Crippen LogP contribution >= 0.6 is 0 Å². The number of aromatic amines is 1. The van der Waals surface area contributed by atoms with Crippen LogP contribution in [-0.2, 0) is 27.2 Å². The summed E-state index contributed by atoms with van der Waals surface area (Å²) in [7, 11) is 0. The first-order chi connectivity index (χ1) is 15.9. The first kappa shape index (κ1) is 24.6. The molecule has 1 aliphatic heterocycles. The highest BCUT2D eigenvalue weighted by atomic mass is 16.5. The fourth-order valence-corrected chi connectivity index (χ4v) is 4.47. The maximum absolute atomic E-state index is 12.8. The number of rotatable bonds is 9. The largest absolute Gasteiger partial charge is 0.461 e. The van der Waals surface area contributed by atoms with Crippen LogP contribution in [0.1, 0.15) is 59.1 Å². The molecule has 0 saturated carbocycles. The first-order valence-electron chi connectivity index (χ1n) is 11.8. The summed E-state index contributed by atoms with van der Waals surface area (Å²) in [6.07, 6.45) is 3.16. The molecule has 1 fully saturated rings. The van der Waals surface area contributed by atoms with Crippen LogP contribution in [0, 0.1) is 19.8 Å². The molecule has 7 nitrogen and oxygen atoms in total. The lowest BCUT2D eigenvalue weighted by atomic mass is 9.95. The normalized spacial score (nSPS) is 14.2. The molecule has 2 aromatic rings. The molecule has 2 amide bonds. The SMILES string of the molecule is CCOC(=O)c1[nH]c(C)c(CCC(=O)N2CCC(C(=O)NCCc3ccccc3)CC2)c1C. The quantitative estimate of drug-likeness (QED) is 0.570. The number of nitrogens with one attached hydrogen (secondary N) is 2. The third-order valence-corrected chi connectivity index (χ3v) is 6.44. The minimum absolute atomic E-state index is 0.0360. The standard InChI is InChI=1S/C26H35N3O4/c1-4-33-26(32)24-18(2)22(19(3)28-24)10-11-23(30)29-16-13-21(14-17-29)25(31)27-15-12-20-8-6-5-7-9-20/h5-9,21,28H,4,10-17H2,1-3H3,(H,27,31). The van der Waals surface area contributed by atoms with E-state index in [1.807, 2.05) is 36.9 Å². The Balaban J connectivity index is 1.42. The molecule has 0 radical (unpaired) electrons. The Bertz CT molecular complexity index is 959. The van der Waals surface area contributed by atoms with E-state index in [2.05, 4.69) is 22.4 Å². The molecular weight excluding hydrogens is 418 g/mol. The van der Waals surface area contributed by atoms with Crippen molar-refractivity contribution in [3.63, 3.8) is 0 Å². The van der Waals surface area contributed by atoms with Gasteiger partial charge in [-0.3, -0.25) is 9.59 Å². The summed E-state index contributed by atoms with van der Waals surface area (Å²) in [5.74, 6) is -0.218. The van der Waals surface area contributed by atoms with Gasteiger partial charge in [0, 0.05) is 37.7 Å². The molecule has 0 aliphatic carbocycles. The number of nitrogens with zero attached hydrogens (tertiary/aromatic N) is 1. The van der Waals surface area contributed by atoms with Crippen molar-refractivity contribution in [2.45, 2.75) is 52.9 Å². The zero-order valence-corrected chi connectivity index (χ0v) is 19.9. The Morgan fingerprint density at radius 2 is 1.79 bits per heavy atom. The van der Waals surface area contributed by atoms with Crippen molar-refractivity contribution in [2.24, 2.45) is 5.92 Å². The van der Waals surface area contributed by atoms with Crippen molar-refractivity contribution in [2.75, 3.05) is 26.2 Å². The number of aryl methyl sites for hydroxylation is 1. The summed E-state index contributed by atoms with van der Waals surface area (Å²) in [6.45, 7) is 7.74. The topological polar surface area (TPSA) is 91.5 Å². The van der Waals surface area contributed by atoms with E-state index in [1.54, 1.807) is 6.92 Å². The van der Waals surface area contributed by atoms with E-state index in [-0.39, 0.29) is 23.7 Å². The van der Waals surface area contributed by atoms with Gasteiger partial charge < -0.3 is 19.9 Å². The Morgan fingerprint density at radius 3 is 2.45 bits per heavy atom. The van der Waals surface area contributed by atoms with E-state index < -0.39 is 0 Å². The van der Waals surface area contributed by atoms with E-state index in [4.69, 9.17) is 4.74 Å². The zero-order chi connectivity index (χ0) is 23.8. The molecule has 0 spiro atoms. The third kappa shape index (κ3) is 6.46. The average Bonchev–Trinajstić information content (AvgIpc) is 3.11. The van der Waals surface area contributed by atoms with E-state index in [0.717, 1.165) is 23.2 Å². The molecule has 1 aromatic heterocycles. The molecular formula is C26H35N3O4. The summed E-state index contributed by atoms with van der Waals surface area (Å²) in [4.78, 5) is 42.3. The lowest BCUT2D eigenvalue weighted by molar-refractivity contribution is -0.135. The number of benzene rings is 1.